The predicted octanol–water partition coefficient (Wildman–Crippen LogP) is 6.23. The Hall–Kier alpha value is -0.0800. The van der Waals surface area contributed by atoms with Gasteiger partial charge in [0.2, 0.25) is 0 Å². The normalized spacial score (nSPS) is 15.7. The molecule has 0 aliphatic carbocycles. The Kier molecular flexibility index (Phi) is 15.7. The summed E-state index contributed by atoms with van der Waals surface area (Å²) < 4.78 is 11.9. The highest BCUT2D eigenvalue weighted by Crippen LogP contribution is 2.16. The number of rotatable bonds is 16. The first-order chi connectivity index (χ1) is 10.7. The number of unbranched alkanes of at least 4 members (excludes halogenated alkanes) is 3. The summed E-state index contributed by atoms with van der Waals surface area (Å²) in [6.45, 7) is 13.8. The molecule has 0 fully saturated rings. The molecule has 0 amide bonds. The Morgan fingerprint density at radius 2 is 1.27 bits per heavy atom. The molecule has 0 aromatic heterocycles. The SMILES string of the molecule is CCCCCC(CC)COC(C)COCC(CC)CCCC. The minimum Gasteiger partial charge on any atom is -0.378 e. The van der Waals surface area contributed by atoms with Gasteiger partial charge in [0, 0.05) is 13.2 Å². The molecule has 0 saturated heterocycles. The topological polar surface area (TPSA) is 18.5 Å². The molecular weight excluding hydrogens is 272 g/mol. The summed E-state index contributed by atoms with van der Waals surface area (Å²) in [7, 11) is 0. The van der Waals surface area contributed by atoms with Gasteiger partial charge >= 0.3 is 0 Å². The highest BCUT2D eigenvalue weighted by Gasteiger charge is 2.11. The van der Waals surface area contributed by atoms with Crippen LogP contribution in [0.25, 0.3) is 0 Å². The zero-order valence-corrected chi connectivity index (χ0v) is 16.0. The van der Waals surface area contributed by atoms with Gasteiger partial charge in [0.05, 0.1) is 12.7 Å². The van der Waals surface area contributed by atoms with Crippen LogP contribution < -0.4 is 0 Å². The Morgan fingerprint density at radius 3 is 1.86 bits per heavy atom. The van der Waals surface area contributed by atoms with Crippen LogP contribution in [-0.2, 0) is 9.47 Å². The highest BCUT2D eigenvalue weighted by atomic mass is 16.5. The maximum absolute atomic E-state index is 6.00. The lowest BCUT2D eigenvalue weighted by Gasteiger charge is -2.20. The van der Waals surface area contributed by atoms with Gasteiger partial charge in [-0.05, 0) is 31.6 Å². The lowest BCUT2D eigenvalue weighted by Crippen LogP contribution is -2.22. The van der Waals surface area contributed by atoms with Crippen LogP contribution in [0.4, 0.5) is 0 Å². The van der Waals surface area contributed by atoms with E-state index in [-0.39, 0.29) is 6.10 Å². The average molecular weight is 315 g/mol. The highest BCUT2D eigenvalue weighted by molar-refractivity contribution is 4.60. The fraction of sp³-hybridized carbons (Fsp3) is 1.00. The second-order valence-corrected chi connectivity index (χ2v) is 6.87. The van der Waals surface area contributed by atoms with E-state index in [1.807, 2.05) is 0 Å². The maximum Gasteiger partial charge on any atom is 0.0780 e. The summed E-state index contributed by atoms with van der Waals surface area (Å²) in [4.78, 5) is 0. The standard InChI is InChI=1S/C20H42O2/c1-6-10-12-14-20(9-4)17-22-18(5)15-21-16-19(8-3)13-11-7-2/h18-20H,6-17H2,1-5H3. The summed E-state index contributed by atoms with van der Waals surface area (Å²) in [6, 6.07) is 0. The monoisotopic (exact) mass is 314 g/mol. The lowest BCUT2D eigenvalue weighted by atomic mass is 9.99. The third kappa shape index (κ3) is 12.5. The number of ether oxygens (including phenoxy) is 2. The molecule has 0 aromatic rings. The van der Waals surface area contributed by atoms with E-state index in [1.165, 1.54) is 57.8 Å². The Bertz CT molecular complexity index is 218. The molecule has 0 spiro atoms. The minimum absolute atomic E-state index is 0.226. The molecule has 2 heteroatoms. The first-order valence-corrected chi connectivity index (χ1v) is 9.87. The lowest BCUT2D eigenvalue weighted by molar-refractivity contribution is -0.0295. The van der Waals surface area contributed by atoms with Crippen molar-refractivity contribution in [2.75, 3.05) is 19.8 Å². The van der Waals surface area contributed by atoms with Crippen LogP contribution in [0, 0.1) is 11.8 Å². The van der Waals surface area contributed by atoms with Crippen LogP contribution in [0.1, 0.15) is 92.4 Å². The molecule has 0 radical (unpaired) electrons. The first-order valence-electron chi connectivity index (χ1n) is 9.87. The average Bonchev–Trinajstić information content (AvgIpc) is 2.53. The van der Waals surface area contributed by atoms with Crippen molar-refractivity contribution in [3.05, 3.63) is 0 Å². The molecule has 0 rings (SSSR count). The number of hydrogen-bond donors (Lipinski definition) is 0. The van der Waals surface area contributed by atoms with Gasteiger partial charge in [-0.3, -0.25) is 0 Å². The molecule has 134 valence electrons. The summed E-state index contributed by atoms with van der Waals surface area (Å²) in [6.07, 6.45) is 11.9. The van der Waals surface area contributed by atoms with Crippen LogP contribution in [0.5, 0.6) is 0 Å². The predicted molar refractivity (Wildman–Crippen MR) is 97.5 cm³/mol. The van der Waals surface area contributed by atoms with Gasteiger partial charge in [-0.25, -0.2) is 0 Å². The Morgan fingerprint density at radius 1 is 0.682 bits per heavy atom. The van der Waals surface area contributed by atoms with Crippen LogP contribution in [-0.4, -0.2) is 25.9 Å². The molecule has 0 bridgehead atoms. The fourth-order valence-electron chi connectivity index (χ4n) is 2.74. The van der Waals surface area contributed by atoms with E-state index in [4.69, 9.17) is 9.47 Å². The van der Waals surface area contributed by atoms with Crippen LogP contribution >= 0.6 is 0 Å². The van der Waals surface area contributed by atoms with Crippen molar-refractivity contribution in [3.63, 3.8) is 0 Å². The molecule has 0 saturated carbocycles. The molecule has 22 heavy (non-hydrogen) atoms. The fourth-order valence-corrected chi connectivity index (χ4v) is 2.74. The zero-order chi connectivity index (χ0) is 16.6. The second kappa shape index (κ2) is 15.8. The van der Waals surface area contributed by atoms with Gasteiger partial charge in [-0.1, -0.05) is 72.6 Å². The molecule has 0 aliphatic rings. The van der Waals surface area contributed by atoms with Crippen molar-refractivity contribution in [2.45, 2.75) is 98.5 Å². The van der Waals surface area contributed by atoms with Gasteiger partial charge in [-0.15, -0.1) is 0 Å². The van der Waals surface area contributed by atoms with Gasteiger partial charge in [0.25, 0.3) is 0 Å². The molecule has 3 unspecified atom stereocenters. The van der Waals surface area contributed by atoms with E-state index in [0.717, 1.165) is 31.7 Å². The number of hydrogen-bond acceptors (Lipinski definition) is 2. The van der Waals surface area contributed by atoms with E-state index < -0.39 is 0 Å². The largest absolute Gasteiger partial charge is 0.378 e. The van der Waals surface area contributed by atoms with Gasteiger partial charge < -0.3 is 9.47 Å². The zero-order valence-electron chi connectivity index (χ0n) is 16.0. The first kappa shape index (κ1) is 21.9. The Balaban J connectivity index is 3.71. The van der Waals surface area contributed by atoms with E-state index in [1.54, 1.807) is 0 Å². The third-order valence-electron chi connectivity index (χ3n) is 4.66. The van der Waals surface area contributed by atoms with Crippen molar-refractivity contribution >= 4 is 0 Å². The van der Waals surface area contributed by atoms with Crippen molar-refractivity contribution < 1.29 is 9.47 Å². The molecule has 2 nitrogen and oxygen atoms in total. The molecule has 0 aliphatic heterocycles. The maximum atomic E-state index is 6.00. The van der Waals surface area contributed by atoms with Crippen LogP contribution in [0.15, 0.2) is 0 Å². The van der Waals surface area contributed by atoms with Crippen molar-refractivity contribution in [3.8, 4) is 0 Å². The molecule has 3 atom stereocenters. The molecule has 0 aromatic carbocycles. The summed E-state index contributed by atoms with van der Waals surface area (Å²) in [5.41, 5.74) is 0. The van der Waals surface area contributed by atoms with Crippen LogP contribution in [0.2, 0.25) is 0 Å². The summed E-state index contributed by atoms with van der Waals surface area (Å²) in [5, 5.41) is 0. The van der Waals surface area contributed by atoms with E-state index in [9.17, 15) is 0 Å². The second-order valence-electron chi connectivity index (χ2n) is 6.87. The summed E-state index contributed by atoms with van der Waals surface area (Å²) in [5.74, 6) is 1.45. The quantitative estimate of drug-likeness (QED) is 0.314. The third-order valence-corrected chi connectivity index (χ3v) is 4.66. The van der Waals surface area contributed by atoms with E-state index in [2.05, 4.69) is 34.6 Å². The van der Waals surface area contributed by atoms with E-state index in [0.29, 0.717) is 0 Å². The van der Waals surface area contributed by atoms with Crippen molar-refractivity contribution in [2.24, 2.45) is 11.8 Å². The van der Waals surface area contributed by atoms with Crippen molar-refractivity contribution in [1.82, 2.24) is 0 Å². The van der Waals surface area contributed by atoms with Gasteiger partial charge in [0.15, 0.2) is 0 Å². The van der Waals surface area contributed by atoms with Crippen LogP contribution in [0.3, 0.4) is 0 Å². The van der Waals surface area contributed by atoms with E-state index >= 15 is 0 Å². The van der Waals surface area contributed by atoms with Crippen molar-refractivity contribution in [1.29, 1.82) is 0 Å². The minimum atomic E-state index is 0.226. The summed E-state index contributed by atoms with van der Waals surface area (Å²) >= 11 is 0. The van der Waals surface area contributed by atoms with Gasteiger partial charge in [-0.2, -0.15) is 0 Å². The Labute approximate surface area is 140 Å². The molecule has 0 N–H and O–H groups in total. The van der Waals surface area contributed by atoms with Gasteiger partial charge in [0.1, 0.15) is 0 Å². The smallest absolute Gasteiger partial charge is 0.0780 e. The molecular formula is C20H42O2. The molecule has 0 heterocycles.